The van der Waals surface area contributed by atoms with Crippen molar-refractivity contribution in [3.8, 4) is 0 Å². The van der Waals surface area contributed by atoms with Gasteiger partial charge in [-0.25, -0.2) is 25.5 Å². The summed E-state index contributed by atoms with van der Waals surface area (Å²) in [6.45, 7) is 2.31. The van der Waals surface area contributed by atoms with Crippen molar-refractivity contribution in [2.75, 3.05) is 13.1 Å². The molecule has 2 aromatic carbocycles. The molecule has 1 heterocycles. The standard InChI is InChI=1S/C26H29FN2O6S2/c1-17-2-9-23(36(32,33)22-10-7-20(27)8-11-22)16-24(17)37(34,35)29(26(31)19-5-6-19)21-12-14-28(15-13-21)25(30)18-3-4-18/h2,7-11,16,18-19,21H,3-6,12-15H2,1H3. The smallest absolute Gasteiger partial charge is 0.267 e. The predicted octanol–water partition coefficient (Wildman–Crippen LogP) is 3.30. The van der Waals surface area contributed by atoms with Crippen molar-refractivity contribution in [1.82, 2.24) is 9.21 Å². The van der Waals surface area contributed by atoms with Crippen LogP contribution in [0.15, 0.2) is 57.2 Å². The number of halogens is 1. The first-order valence-corrected chi connectivity index (χ1v) is 15.4. The van der Waals surface area contributed by atoms with Gasteiger partial charge in [-0.15, -0.1) is 0 Å². The number of likely N-dealkylation sites (tertiary alicyclic amines) is 1. The van der Waals surface area contributed by atoms with Crippen molar-refractivity contribution in [2.24, 2.45) is 11.8 Å². The molecule has 2 saturated carbocycles. The fourth-order valence-corrected chi connectivity index (χ4v) is 8.11. The molecule has 2 aromatic rings. The highest BCUT2D eigenvalue weighted by Gasteiger charge is 2.45. The van der Waals surface area contributed by atoms with Crippen molar-refractivity contribution in [2.45, 2.75) is 66.2 Å². The van der Waals surface area contributed by atoms with Gasteiger partial charge in [-0.2, -0.15) is 0 Å². The molecule has 198 valence electrons. The largest absolute Gasteiger partial charge is 0.342 e. The Labute approximate surface area is 216 Å². The van der Waals surface area contributed by atoms with Crippen molar-refractivity contribution in [3.05, 3.63) is 53.8 Å². The number of nitrogens with zero attached hydrogens (tertiary/aromatic N) is 2. The monoisotopic (exact) mass is 548 g/mol. The fraction of sp³-hybridized carbons (Fsp3) is 0.462. The zero-order valence-corrected chi connectivity index (χ0v) is 22.1. The maximum absolute atomic E-state index is 14.0. The fourth-order valence-electron chi connectivity index (χ4n) is 4.80. The Morgan fingerprint density at radius 2 is 1.41 bits per heavy atom. The van der Waals surface area contributed by atoms with Crippen LogP contribution in [-0.4, -0.2) is 57.0 Å². The van der Waals surface area contributed by atoms with Crippen molar-refractivity contribution in [3.63, 3.8) is 0 Å². The summed E-state index contributed by atoms with van der Waals surface area (Å²) < 4.78 is 68.7. The summed E-state index contributed by atoms with van der Waals surface area (Å²) >= 11 is 0. The van der Waals surface area contributed by atoms with E-state index in [0.717, 1.165) is 47.5 Å². The molecule has 11 heteroatoms. The van der Waals surface area contributed by atoms with Gasteiger partial charge < -0.3 is 4.90 Å². The highest BCUT2D eigenvalue weighted by molar-refractivity contribution is 7.91. The normalized spacial score (nSPS) is 19.0. The molecule has 0 aromatic heterocycles. The number of piperidine rings is 1. The Bertz CT molecular complexity index is 1440. The van der Waals surface area contributed by atoms with Gasteiger partial charge in [0.2, 0.25) is 21.7 Å². The van der Waals surface area contributed by atoms with E-state index >= 15 is 0 Å². The van der Waals surface area contributed by atoms with Crippen LogP contribution in [0.25, 0.3) is 0 Å². The van der Waals surface area contributed by atoms with Crippen LogP contribution >= 0.6 is 0 Å². The third-order valence-corrected chi connectivity index (χ3v) is 11.1. The third-order valence-electron chi connectivity index (χ3n) is 7.31. The van der Waals surface area contributed by atoms with Gasteiger partial charge in [0.25, 0.3) is 10.0 Å². The molecule has 3 aliphatic rings. The van der Waals surface area contributed by atoms with Crippen LogP contribution in [0.3, 0.4) is 0 Å². The predicted molar refractivity (Wildman–Crippen MR) is 132 cm³/mol. The van der Waals surface area contributed by atoms with Crippen LogP contribution in [0.2, 0.25) is 0 Å². The van der Waals surface area contributed by atoms with Gasteiger partial charge >= 0.3 is 0 Å². The molecule has 8 nitrogen and oxygen atoms in total. The second kappa shape index (κ2) is 9.50. The highest BCUT2D eigenvalue weighted by Crippen LogP contribution is 2.38. The van der Waals surface area contributed by atoms with Gasteiger partial charge in [0, 0.05) is 24.9 Å². The lowest BCUT2D eigenvalue weighted by Crippen LogP contribution is -2.51. The summed E-state index contributed by atoms with van der Waals surface area (Å²) in [5.41, 5.74) is 0.313. The van der Waals surface area contributed by atoms with Gasteiger partial charge in [0.05, 0.1) is 20.7 Å². The minimum atomic E-state index is -4.39. The number of hydrogen-bond donors (Lipinski definition) is 0. The van der Waals surface area contributed by atoms with Crippen molar-refractivity contribution >= 4 is 31.7 Å². The lowest BCUT2D eigenvalue weighted by atomic mass is 10.0. The number of sulfonamides is 1. The molecule has 3 fully saturated rings. The second-order valence-corrected chi connectivity index (χ2v) is 13.9. The average molecular weight is 549 g/mol. The average Bonchev–Trinajstić information content (AvgIpc) is 3.77. The zero-order chi connectivity index (χ0) is 26.5. The van der Waals surface area contributed by atoms with Crippen molar-refractivity contribution < 1.29 is 30.8 Å². The first kappa shape index (κ1) is 25.8. The lowest BCUT2D eigenvalue weighted by molar-refractivity contribution is -0.134. The summed E-state index contributed by atoms with van der Waals surface area (Å²) in [6.07, 6.45) is 3.67. The number of aryl methyl sites for hydroxylation is 1. The van der Waals surface area contributed by atoms with E-state index in [4.69, 9.17) is 0 Å². The van der Waals surface area contributed by atoms with Crippen LogP contribution in [0, 0.1) is 24.6 Å². The topological polar surface area (TPSA) is 109 Å². The zero-order valence-electron chi connectivity index (χ0n) is 20.5. The number of amides is 2. The van der Waals surface area contributed by atoms with Gasteiger partial charge in [0.1, 0.15) is 5.82 Å². The van der Waals surface area contributed by atoms with E-state index < -0.39 is 37.6 Å². The molecule has 0 unspecified atom stereocenters. The number of carbonyl (C=O) groups is 2. The Morgan fingerprint density at radius 3 is 1.97 bits per heavy atom. The first-order chi connectivity index (χ1) is 17.5. The van der Waals surface area contributed by atoms with Gasteiger partial charge in [-0.05, 0) is 87.4 Å². The highest BCUT2D eigenvalue weighted by atomic mass is 32.2. The molecule has 5 rings (SSSR count). The molecule has 1 saturated heterocycles. The third kappa shape index (κ3) is 5.03. The molecule has 37 heavy (non-hydrogen) atoms. The number of carbonyl (C=O) groups excluding carboxylic acids is 2. The van der Waals surface area contributed by atoms with E-state index in [0.29, 0.717) is 44.3 Å². The molecule has 0 N–H and O–H groups in total. The van der Waals surface area contributed by atoms with Crippen LogP contribution < -0.4 is 0 Å². The van der Waals surface area contributed by atoms with E-state index in [1.807, 2.05) is 0 Å². The molecule has 0 spiro atoms. The molecular weight excluding hydrogens is 519 g/mol. The van der Waals surface area contributed by atoms with Gasteiger partial charge in [-0.1, -0.05) is 6.07 Å². The number of rotatable bonds is 7. The van der Waals surface area contributed by atoms with Crippen LogP contribution in [0.4, 0.5) is 4.39 Å². The number of hydrogen-bond acceptors (Lipinski definition) is 6. The van der Waals surface area contributed by atoms with E-state index in [9.17, 15) is 30.8 Å². The molecule has 0 atom stereocenters. The maximum Gasteiger partial charge on any atom is 0.267 e. The van der Waals surface area contributed by atoms with Crippen LogP contribution in [0.1, 0.15) is 44.1 Å². The second-order valence-electron chi connectivity index (χ2n) is 10.1. The van der Waals surface area contributed by atoms with E-state index in [1.54, 1.807) is 11.8 Å². The summed E-state index contributed by atoms with van der Waals surface area (Å²) in [5, 5.41) is 0. The quantitative estimate of drug-likeness (QED) is 0.492. The Balaban J connectivity index is 1.48. The van der Waals surface area contributed by atoms with E-state index in [2.05, 4.69) is 0 Å². The van der Waals surface area contributed by atoms with E-state index in [1.165, 1.54) is 12.1 Å². The molecule has 0 bridgehead atoms. The van der Waals surface area contributed by atoms with Crippen LogP contribution in [0.5, 0.6) is 0 Å². The van der Waals surface area contributed by atoms with E-state index in [-0.39, 0.29) is 32.4 Å². The Kier molecular flexibility index (Phi) is 6.64. The minimum absolute atomic E-state index is 0.0675. The van der Waals surface area contributed by atoms with Gasteiger partial charge in [0.15, 0.2) is 0 Å². The minimum Gasteiger partial charge on any atom is -0.342 e. The molecule has 1 aliphatic heterocycles. The van der Waals surface area contributed by atoms with Gasteiger partial charge in [-0.3, -0.25) is 9.59 Å². The maximum atomic E-state index is 14.0. The van der Waals surface area contributed by atoms with Crippen LogP contribution in [-0.2, 0) is 29.4 Å². The summed E-state index contributed by atoms with van der Waals surface area (Å²) in [5.74, 6) is -1.27. The summed E-state index contributed by atoms with van der Waals surface area (Å²) in [4.78, 5) is 26.9. The molecule has 0 radical (unpaired) electrons. The summed E-state index contributed by atoms with van der Waals surface area (Å²) in [7, 11) is -8.52. The lowest BCUT2D eigenvalue weighted by Gasteiger charge is -2.38. The SMILES string of the molecule is Cc1ccc(S(=O)(=O)c2ccc(F)cc2)cc1S(=O)(=O)N(C(=O)C1CC1)C1CCN(C(=O)C2CC2)CC1. The molecule has 2 amide bonds. The first-order valence-electron chi connectivity index (χ1n) is 12.5. The molecular formula is C26H29FN2O6S2. The number of benzene rings is 2. The Hall–Kier alpha value is -2.79. The van der Waals surface area contributed by atoms with Crippen molar-refractivity contribution in [1.29, 1.82) is 0 Å². The summed E-state index contributed by atoms with van der Waals surface area (Å²) in [6, 6.07) is 7.48. The number of sulfone groups is 1. The molecule has 2 aliphatic carbocycles. The Morgan fingerprint density at radius 1 is 0.838 bits per heavy atom.